The quantitative estimate of drug-likeness (QED) is 0.325. The van der Waals surface area contributed by atoms with Gasteiger partial charge in [0.15, 0.2) is 5.82 Å². The molecule has 4 heterocycles. The summed E-state index contributed by atoms with van der Waals surface area (Å²) < 4.78 is 49.9. The highest BCUT2D eigenvalue weighted by Crippen LogP contribution is 2.35. The van der Waals surface area contributed by atoms with Crippen molar-refractivity contribution < 1.29 is 37.4 Å². The number of hydrogen-bond donors (Lipinski definition) is 0. The predicted octanol–water partition coefficient (Wildman–Crippen LogP) is 4.18. The molecule has 3 fully saturated rings. The van der Waals surface area contributed by atoms with Gasteiger partial charge in [0.25, 0.3) is 5.91 Å². The zero-order valence-electron chi connectivity index (χ0n) is 28.5. The third-order valence-corrected chi connectivity index (χ3v) is 9.43. The Bertz CT molecular complexity index is 1790. The third-order valence-electron chi connectivity index (χ3n) is 9.43. The van der Waals surface area contributed by atoms with Gasteiger partial charge in [-0.1, -0.05) is 12.1 Å². The first-order chi connectivity index (χ1) is 23.3. The molecule has 49 heavy (non-hydrogen) atoms. The number of anilines is 1. The van der Waals surface area contributed by atoms with Gasteiger partial charge in [-0.15, -0.1) is 0 Å². The first kappa shape index (κ1) is 34.4. The van der Waals surface area contributed by atoms with Crippen LogP contribution < -0.4 is 15.3 Å². The number of fused-ring (bicyclic) bond motifs is 1. The minimum Gasteiger partial charge on any atom is -0.497 e. The number of nitrogens with zero attached hydrogens (tertiary/aromatic N) is 5. The maximum Gasteiger partial charge on any atom is 0.410 e. The molecule has 0 aliphatic carbocycles. The summed E-state index contributed by atoms with van der Waals surface area (Å²) in [6.07, 6.45) is -1.97. The van der Waals surface area contributed by atoms with Crippen LogP contribution in [0.25, 0.3) is 11.0 Å². The number of aryl methyl sites for hydroxylation is 1. The Morgan fingerprint density at radius 2 is 1.71 bits per heavy atom. The van der Waals surface area contributed by atoms with Crippen molar-refractivity contribution in [2.75, 3.05) is 44.8 Å². The summed E-state index contributed by atoms with van der Waals surface area (Å²) in [5, 5.41) is 0. The highest BCUT2D eigenvalue weighted by molar-refractivity contribution is 6.00. The van der Waals surface area contributed by atoms with Crippen molar-refractivity contribution in [3.05, 3.63) is 58.3 Å². The lowest BCUT2D eigenvalue weighted by atomic mass is 9.99. The smallest absolute Gasteiger partial charge is 0.410 e. The molecule has 3 amide bonds. The van der Waals surface area contributed by atoms with Gasteiger partial charge in [-0.05, 0) is 63.4 Å². The van der Waals surface area contributed by atoms with Crippen molar-refractivity contribution in [2.45, 2.75) is 70.5 Å². The van der Waals surface area contributed by atoms with E-state index in [1.807, 2.05) is 4.90 Å². The molecular formula is C35H43F2N5O7. The molecule has 1 aromatic heterocycles. The van der Waals surface area contributed by atoms with E-state index in [1.54, 1.807) is 64.3 Å². The van der Waals surface area contributed by atoms with Crippen LogP contribution in [0, 0.1) is 11.7 Å². The minimum atomic E-state index is -1.34. The van der Waals surface area contributed by atoms with Crippen LogP contribution in [0.4, 0.5) is 19.3 Å². The fourth-order valence-electron chi connectivity index (χ4n) is 6.80. The number of halogens is 2. The standard InChI is InChI=1S/C35H43F2N5O7/c1-35(2,3)49-34(46)39-15-14-28(24(36)19-39)48-20-22-16-40(17-22)25-10-11-26-31(30(25)37)38(4)33(45)42(26)27-12-13-29(43)41(32(27)44)18-21-6-8-23(47-5)9-7-21/h6-11,22,24,27-28H,12-20H2,1-5H3/t24-,27?,28+/m1/s1. The summed E-state index contributed by atoms with van der Waals surface area (Å²) in [5.41, 5.74) is 0.193. The summed E-state index contributed by atoms with van der Waals surface area (Å²) >= 11 is 0. The molecule has 14 heteroatoms. The third kappa shape index (κ3) is 6.87. The topological polar surface area (TPSA) is 116 Å². The van der Waals surface area contributed by atoms with Crippen LogP contribution >= 0.6 is 0 Å². The van der Waals surface area contributed by atoms with Gasteiger partial charge in [0.2, 0.25) is 5.91 Å². The Hall–Kier alpha value is -4.46. The number of hydrogen-bond acceptors (Lipinski definition) is 8. The lowest BCUT2D eigenvalue weighted by molar-refractivity contribution is -0.151. The van der Waals surface area contributed by atoms with Crippen LogP contribution in [0.2, 0.25) is 0 Å². The van der Waals surface area contributed by atoms with Crippen molar-refractivity contribution in [1.29, 1.82) is 0 Å². The number of amides is 3. The Morgan fingerprint density at radius 3 is 2.37 bits per heavy atom. The van der Waals surface area contributed by atoms with E-state index >= 15 is 4.39 Å². The summed E-state index contributed by atoms with van der Waals surface area (Å²) in [6, 6.07) is 9.31. The first-order valence-corrected chi connectivity index (χ1v) is 16.6. The Balaban J connectivity index is 1.10. The molecule has 12 nitrogen and oxygen atoms in total. The molecule has 3 aromatic rings. The van der Waals surface area contributed by atoms with Crippen LogP contribution in [-0.2, 0) is 32.7 Å². The number of carbonyl (C=O) groups excluding carboxylic acids is 3. The summed E-state index contributed by atoms with van der Waals surface area (Å²) in [4.78, 5) is 56.6. The SMILES string of the molecule is COc1ccc(CN2C(=O)CCC(n3c(=O)n(C)c4c(F)c(N5CC(CO[C@H]6CCN(C(=O)OC(C)(C)C)C[C@H]6F)C5)ccc43)C2=O)cc1. The molecule has 2 aromatic carbocycles. The van der Waals surface area contributed by atoms with Gasteiger partial charge in [0, 0.05) is 39.0 Å². The zero-order chi connectivity index (χ0) is 35.2. The lowest BCUT2D eigenvalue weighted by Crippen LogP contribution is -2.52. The van der Waals surface area contributed by atoms with Crippen molar-refractivity contribution in [3.63, 3.8) is 0 Å². The van der Waals surface area contributed by atoms with Crippen LogP contribution in [0.3, 0.4) is 0 Å². The summed E-state index contributed by atoms with van der Waals surface area (Å²) in [6.45, 7) is 6.84. The van der Waals surface area contributed by atoms with Crippen molar-refractivity contribution in [1.82, 2.24) is 18.9 Å². The van der Waals surface area contributed by atoms with Crippen molar-refractivity contribution in [3.8, 4) is 5.75 Å². The Kier molecular flexibility index (Phi) is 9.44. The lowest BCUT2D eigenvalue weighted by Gasteiger charge is -2.42. The molecule has 264 valence electrons. The molecule has 3 aliphatic rings. The molecule has 3 atom stereocenters. The monoisotopic (exact) mass is 683 g/mol. The number of imide groups is 1. The highest BCUT2D eigenvalue weighted by atomic mass is 19.1. The van der Waals surface area contributed by atoms with Gasteiger partial charge >= 0.3 is 11.8 Å². The van der Waals surface area contributed by atoms with Gasteiger partial charge in [0.05, 0.1) is 44.1 Å². The van der Waals surface area contributed by atoms with E-state index in [1.165, 1.54) is 21.1 Å². The van der Waals surface area contributed by atoms with Crippen LogP contribution in [0.15, 0.2) is 41.2 Å². The highest BCUT2D eigenvalue weighted by Gasteiger charge is 2.39. The second-order valence-corrected chi connectivity index (χ2v) is 14.1. The van der Waals surface area contributed by atoms with E-state index in [9.17, 15) is 23.6 Å². The number of methoxy groups -OCH3 is 1. The fourth-order valence-corrected chi connectivity index (χ4v) is 6.80. The maximum absolute atomic E-state index is 16.1. The van der Waals surface area contributed by atoms with Crippen molar-refractivity contribution in [2.24, 2.45) is 13.0 Å². The Morgan fingerprint density at radius 1 is 1.00 bits per heavy atom. The maximum atomic E-state index is 16.1. The van der Waals surface area contributed by atoms with Gasteiger partial charge in [-0.25, -0.2) is 18.4 Å². The van der Waals surface area contributed by atoms with E-state index < -0.39 is 47.4 Å². The number of benzene rings is 2. The molecule has 0 bridgehead atoms. The molecule has 0 spiro atoms. The number of rotatable bonds is 8. The average molecular weight is 684 g/mol. The number of piperidine rings is 2. The molecular weight excluding hydrogens is 640 g/mol. The van der Waals surface area contributed by atoms with E-state index in [4.69, 9.17) is 14.2 Å². The van der Waals surface area contributed by atoms with Crippen molar-refractivity contribution >= 4 is 34.6 Å². The molecule has 6 rings (SSSR count). The van der Waals surface area contributed by atoms with Crippen LogP contribution in [-0.4, -0.2) is 94.6 Å². The minimum absolute atomic E-state index is 0.0489. The second-order valence-electron chi connectivity index (χ2n) is 14.1. The average Bonchev–Trinajstić information content (AvgIpc) is 3.29. The molecule has 3 saturated heterocycles. The van der Waals surface area contributed by atoms with E-state index in [2.05, 4.69) is 0 Å². The van der Waals surface area contributed by atoms with E-state index in [0.717, 1.165) is 10.5 Å². The van der Waals surface area contributed by atoms with Gasteiger partial charge < -0.3 is 24.0 Å². The molecule has 0 saturated carbocycles. The molecule has 0 radical (unpaired) electrons. The van der Waals surface area contributed by atoms with E-state index in [0.29, 0.717) is 44.1 Å². The summed E-state index contributed by atoms with van der Waals surface area (Å²) in [5.74, 6) is -0.726. The molecule has 3 aliphatic heterocycles. The second kappa shape index (κ2) is 13.4. The van der Waals surface area contributed by atoms with Crippen LogP contribution in [0.5, 0.6) is 5.75 Å². The number of alkyl halides is 1. The number of imidazole rings is 1. The van der Waals surface area contributed by atoms with Gasteiger partial charge in [-0.3, -0.25) is 23.6 Å². The van der Waals surface area contributed by atoms with Crippen LogP contribution in [0.1, 0.15) is 51.6 Å². The number of aromatic nitrogens is 2. The fraction of sp³-hybridized carbons (Fsp3) is 0.543. The first-order valence-electron chi connectivity index (χ1n) is 16.6. The van der Waals surface area contributed by atoms with Gasteiger partial charge in [0.1, 0.15) is 29.1 Å². The molecule has 1 unspecified atom stereocenters. The summed E-state index contributed by atoms with van der Waals surface area (Å²) in [7, 11) is 3.02. The molecule has 0 N–H and O–H groups in total. The number of ether oxygens (including phenoxy) is 3. The number of carbonyl (C=O) groups is 3. The number of likely N-dealkylation sites (tertiary alicyclic amines) is 2. The van der Waals surface area contributed by atoms with Gasteiger partial charge in [-0.2, -0.15) is 0 Å². The largest absolute Gasteiger partial charge is 0.497 e. The Labute approximate surface area is 283 Å². The van der Waals surface area contributed by atoms with E-state index in [-0.39, 0.29) is 48.8 Å². The normalized spacial score (nSPS) is 22.1. The zero-order valence-corrected chi connectivity index (χ0v) is 28.5. The predicted molar refractivity (Wildman–Crippen MR) is 177 cm³/mol.